The first-order valence-corrected chi connectivity index (χ1v) is 9.94. The second-order valence-corrected chi connectivity index (χ2v) is 7.62. The fraction of sp³-hybridized carbons (Fsp3) is 0.450. The van der Waals surface area contributed by atoms with Crippen LogP contribution in [0.15, 0.2) is 30.9 Å². The maximum absolute atomic E-state index is 11.5. The monoisotopic (exact) mass is 394 g/mol. The Morgan fingerprint density at radius 1 is 1.17 bits per heavy atom. The van der Waals surface area contributed by atoms with Gasteiger partial charge in [0.2, 0.25) is 11.9 Å². The van der Waals surface area contributed by atoms with Gasteiger partial charge in [0.15, 0.2) is 0 Å². The Morgan fingerprint density at radius 3 is 2.69 bits per heavy atom. The minimum absolute atomic E-state index is 0.133. The molecule has 3 aromatic heterocycles. The summed E-state index contributed by atoms with van der Waals surface area (Å²) in [6, 6.07) is 4.37. The lowest BCUT2D eigenvalue weighted by Gasteiger charge is -2.31. The van der Waals surface area contributed by atoms with E-state index >= 15 is 0 Å². The Hall–Kier alpha value is -3.23. The largest absolute Gasteiger partial charge is 0.351 e. The highest BCUT2D eigenvalue weighted by molar-refractivity contribution is 5.78. The van der Waals surface area contributed by atoms with Crippen LogP contribution < -0.4 is 10.6 Å². The van der Waals surface area contributed by atoms with E-state index in [0.29, 0.717) is 23.6 Å². The number of likely N-dealkylation sites (tertiary alicyclic amines) is 1. The standard InChI is InChI=1S/C20H26N8O/c1-13(2)28-12-23-16-11-22-19(10-17(16)28)25-18-4-7-21-20(26-18)24-15-5-8-27(9-6-15)14(3)29/h4,7,10-13,15H,5-6,8-9H2,1-3H3,(H2,21,22,24,25,26). The number of nitrogens with one attached hydrogen (secondary N) is 2. The lowest BCUT2D eigenvalue weighted by Crippen LogP contribution is -2.41. The summed E-state index contributed by atoms with van der Waals surface area (Å²) in [6.45, 7) is 7.39. The van der Waals surface area contributed by atoms with Crippen LogP contribution in [0, 0.1) is 0 Å². The number of carbonyl (C=O) groups is 1. The van der Waals surface area contributed by atoms with Crippen LogP contribution in [0.4, 0.5) is 17.6 Å². The lowest BCUT2D eigenvalue weighted by molar-refractivity contribution is -0.129. The summed E-state index contributed by atoms with van der Waals surface area (Å²) in [5, 5.41) is 6.64. The lowest BCUT2D eigenvalue weighted by atomic mass is 10.1. The molecule has 29 heavy (non-hydrogen) atoms. The van der Waals surface area contributed by atoms with Crippen molar-refractivity contribution in [1.29, 1.82) is 0 Å². The molecular formula is C20H26N8O. The molecule has 0 unspecified atom stereocenters. The smallest absolute Gasteiger partial charge is 0.224 e. The number of fused-ring (bicyclic) bond motifs is 1. The highest BCUT2D eigenvalue weighted by Crippen LogP contribution is 2.22. The molecule has 1 aliphatic heterocycles. The Morgan fingerprint density at radius 2 is 1.97 bits per heavy atom. The fourth-order valence-corrected chi connectivity index (χ4v) is 3.56. The van der Waals surface area contributed by atoms with Gasteiger partial charge < -0.3 is 20.1 Å². The summed E-state index contributed by atoms with van der Waals surface area (Å²) in [5.74, 6) is 2.09. The molecule has 0 radical (unpaired) electrons. The molecule has 0 aromatic carbocycles. The molecule has 4 heterocycles. The van der Waals surface area contributed by atoms with Gasteiger partial charge in [-0.05, 0) is 32.8 Å². The van der Waals surface area contributed by atoms with Crippen LogP contribution in [0.3, 0.4) is 0 Å². The first-order valence-electron chi connectivity index (χ1n) is 9.94. The van der Waals surface area contributed by atoms with Crippen LogP contribution in [0.5, 0.6) is 0 Å². The maximum atomic E-state index is 11.5. The Bertz CT molecular complexity index is 1010. The van der Waals surface area contributed by atoms with Crippen molar-refractivity contribution in [2.45, 2.75) is 45.7 Å². The summed E-state index contributed by atoms with van der Waals surface area (Å²) in [6.07, 6.45) is 7.10. The Kier molecular flexibility index (Phi) is 5.28. The highest BCUT2D eigenvalue weighted by Gasteiger charge is 2.21. The van der Waals surface area contributed by atoms with E-state index in [1.807, 2.05) is 23.4 Å². The number of aromatic nitrogens is 5. The Balaban J connectivity index is 1.45. The number of hydrogen-bond acceptors (Lipinski definition) is 7. The molecule has 0 aliphatic carbocycles. The molecule has 3 aromatic rings. The molecule has 1 amide bonds. The molecule has 1 saturated heterocycles. The third-order valence-corrected chi connectivity index (χ3v) is 5.20. The van der Waals surface area contributed by atoms with E-state index in [2.05, 4.69) is 49.0 Å². The summed E-state index contributed by atoms with van der Waals surface area (Å²) < 4.78 is 2.11. The molecule has 0 atom stereocenters. The van der Waals surface area contributed by atoms with Gasteiger partial charge in [-0.3, -0.25) is 4.79 Å². The number of carbonyl (C=O) groups excluding carboxylic acids is 1. The number of amides is 1. The predicted molar refractivity (Wildman–Crippen MR) is 112 cm³/mol. The van der Waals surface area contributed by atoms with Crippen molar-refractivity contribution in [2.75, 3.05) is 23.7 Å². The summed E-state index contributed by atoms with van der Waals surface area (Å²) in [5.41, 5.74) is 1.90. The molecular weight excluding hydrogens is 368 g/mol. The molecule has 152 valence electrons. The van der Waals surface area contributed by atoms with Crippen LogP contribution in [-0.4, -0.2) is 54.4 Å². The van der Waals surface area contributed by atoms with Gasteiger partial charge in [0, 0.05) is 44.4 Å². The average Bonchev–Trinajstić information content (AvgIpc) is 3.12. The quantitative estimate of drug-likeness (QED) is 0.686. The van der Waals surface area contributed by atoms with Crippen molar-refractivity contribution in [3.8, 4) is 0 Å². The first-order chi connectivity index (χ1) is 14.0. The number of piperidine rings is 1. The Labute approximate surface area is 169 Å². The van der Waals surface area contributed by atoms with Gasteiger partial charge in [-0.1, -0.05) is 0 Å². The first kappa shape index (κ1) is 19.1. The zero-order chi connectivity index (χ0) is 20.4. The van der Waals surface area contributed by atoms with Crippen molar-refractivity contribution in [3.63, 3.8) is 0 Å². The molecule has 0 spiro atoms. The number of rotatable bonds is 5. The predicted octanol–water partition coefficient (Wildman–Crippen LogP) is 2.97. The van der Waals surface area contributed by atoms with E-state index in [1.54, 1.807) is 19.3 Å². The van der Waals surface area contributed by atoms with Crippen LogP contribution >= 0.6 is 0 Å². The molecule has 9 heteroatoms. The molecule has 1 fully saturated rings. The van der Waals surface area contributed by atoms with Gasteiger partial charge in [-0.15, -0.1) is 0 Å². The molecule has 1 aliphatic rings. The minimum Gasteiger partial charge on any atom is -0.351 e. The number of pyridine rings is 1. The molecule has 2 N–H and O–H groups in total. The zero-order valence-electron chi connectivity index (χ0n) is 17.0. The van der Waals surface area contributed by atoms with Crippen molar-refractivity contribution in [3.05, 3.63) is 30.9 Å². The van der Waals surface area contributed by atoms with Gasteiger partial charge in [-0.2, -0.15) is 4.98 Å². The minimum atomic E-state index is 0.133. The SMILES string of the molecule is CC(=O)N1CCC(Nc2nccc(Nc3cc4c(cn3)ncn4C(C)C)n2)CC1. The van der Waals surface area contributed by atoms with Crippen LogP contribution in [0.25, 0.3) is 11.0 Å². The van der Waals surface area contributed by atoms with E-state index in [-0.39, 0.29) is 11.9 Å². The van der Waals surface area contributed by atoms with Crippen molar-refractivity contribution in [2.24, 2.45) is 0 Å². The molecule has 0 bridgehead atoms. The average molecular weight is 394 g/mol. The second-order valence-electron chi connectivity index (χ2n) is 7.62. The highest BCUT2D eigenvalue weighted by atomic mass is 16.2. The maximum Gasteiger partial charge on any atom is 0.224 e. The summed E-state index contributed by atoms with van der Waals surface area (Å²) in [7, 11) is 0. The number of hydrogen-bond donors (Lipinski definition) is 2. The summed E-state index contributed by atoms with van der Waals surface area (Å²) in [4.78, 5) is 31.1. The molecule has 0 saturated carbocycles. The van der Waals surface area contributed by atoms with E-state index in [0.717, 1.165) is 37.0 Å². The van der Waals surface area contributed by atoms with Crippen molar-refractivity contribution < 1.29 is 4.79 Å². The van der Waals surface area contributed by atoms with Gasteiger partial charge in [0.05, 0.1) is 18.0 Å². The second kappa shape index (κ2) is 8.02. The van der Waals surface area contributed by atoms with Gasteiger partial charge >= 0.3 is 0 Å². The summed E-state index contributed by atoms with van der Waals surface area (Å²) >= 11 is 0. The van der Waals surface area contributed by atoms with Crippen molar-refractivity contribution in [1.82, 2.24) is 29.4 Å². The normalized spacial score (nSPS) is 15.1. The van der Waals surface area contributed by atoms with E-state index in [4.69, 9.17) is 0 Å². The van der Waals surface area contributed by atoms with Crippen LogP contribution in [0.2, 0.25) is 0 Å². The number of imidazole rings is 1. The third kappa shape index (κ3) is 4.28. The van der Waals surface area contributed by atoms with Gasteiger partial charge in [0.25, 0.3) is 0 Å². The fourth-order valence-electron chi connectivity index (χ4n) is 3.56. The molecule has 9 nitrogen and oxygen atoms in total. The van der Waals surface area contributed by atoms with Crippen LogP contribution in [-0.2, 0) is 4.79 Å². The van der Waals surface area contributed by atoms with E-state index in [1.165, 1.54) is 0 Å². The number of anilines is 3. The topological polar surface area (TPSA) is 101 Å². The van der Waals surface area contributed by atoms with E-state index in [9.17, 15) is 4.79 Å². The van der Waals surface area contributed by atoms with E-state index < -0.39 is 0 Å². The zero-order valence-corrected chi connectivity index (χ0v) is 17.0. The van der Waals surface area contributed by atoms with Gasteiger partial charge in [-0.25, -0.2) is 15.0 Å². The number of nitrogens with zero attached hydrogens (tertiary/aromatic N) is 6. The van der Waals surface area contributed by atoms with Crippen LogP contribution in [0.1, 0.15) is 39.7 Å². The molecule has 4 rings (SSSR count). The van der Waals surface area contributed by atoms with Gasteiger partial charge in [0.1, 0.15) is 17.2 Å². The van der Waals surface area contributed by atoms with Crippen molar-refractivity contribution >= 4 is 34.5 Å². The third-order valence-electron chi connectivity index (χ3n) is 5.20.